The van der Waals surface area contributed by atoms with Gasteiger partial charge in [0.25, 0.3) is 0 Å². The molecule has 1 saturated carbocycles. The predicted octanol–water partition coefficient (Wildman–Crippen LogP) is 3.35. The van der Waals surface area contributed by atoms with E-state index in [1.54, 1.807) is 0 Å². The summed E-state index contributed by atoms with van der Waals surface area (Å²) in [4.78, 5) is 11.9. The van der Waals surface area contributed by atoms with E-state index in [9.17, 15) is 4.79 Å². The van der Waals surface area contributed by atoms with Crippen LogP contribution in [0.25, 0.3) is 0 Å². The third-order valence-electron chi connectivity index (χ3n) is 3.45. The van der Waals surface area contributed by atoms with E-state index in [0.29, 0.717) is 11.7 Å². The maximum atomic E-state index is 11.9. The maximum Gasteiger partial charge on any atom is 0.139 e. The fraction of sp³-hybridized carbons (Fsp3) is 0.750. The molecule has 0 saturated heterocycles. The Balaban J connectivity index is 2.85. The summed E-state index contributed by atoms with van der Waals surface area (Å²) in [6.07, 6.45) is 6.91. The lowest BCUT2D eigenvalue weighted by Crippen LogP contribution is -2.38. The van der Waals surface area contributed by atoms with Crippen LogP contribution in [0.15, 0.2) is 12.7 Å². The average Bonchev–Trinajstić information content (AvgIpc) is 2.09. The molecule has 0 heterocycles. The first-order valence-corrected chi connectivity index (χ1v) is 5.27. The molecule has 13 heavy (non-hydrogen) atoms. The van der Waals surface area contributed by atoms with E-state index >= 15 is 0 Å². The molecule has 0 amide bonds. The second-order valence-corrected chi connectivity index (χ2v) is 4.43. The summed E-state index contributed by atoms with van der Waals surface area (Å²) in [6, 6.07) is 0. The first-order valence-electron chi connectivity index (χ1n) is 5.27. The van der Waals surface area contributed by atoms with Gasteiger partial charge >= 0.3 is 0 Å². The zero-order valence-corrected chi connectivity index (χ0v) is 8.81. The number of allylic oxidation sites excluding steroid dienone is 1. The number of hydrogen-bond acceptors (Lipinski definition) is 1. The number of Topliss-reactive ketones (excluding diaryl/α,β-unsaturated/α-hetero) is 1. The van der Waals surface area contributed by atoms with Crippen LogP contribution in [-0.4, -0.2) is 5.78 Å². The van der Waals surface area contributed by atoms with Gasteiger partial charge in [0.15, 0.2) is 0 Å². The Morgan fingerprint density at radius 2 is 2.23 bits per heavy atom. The summed E-state index contributed by atoms with van der Waals surface area (Å²) in [5, 5.41) is 0. The second kappa shape index (κ2) is 4.08. The van der Waals surface area contributed by atoms with Gasteiger partial charge in [0, 0.05) is 11.8 Å². The maximum absolute atomic E-state index is 11.9. The van der Waals surface area contributed by atoms with Crippen molar-refractivity contribution in [3.05, 3.63) is 12.7 Å². The molecule has 1 atom stereocenters. The van der Waals surface area contributed by atoms with Gasteiger partial charge in [0.2, 0.25) is 0 Å². The summed E-state index contributed by atoms with van der Waals surface area (Å²) in [6.45, 7) is 8.08. The molecule has 1 fully saturated rings. The van der Waals surface area contributed by atoms with E-state index in [2.05, 4.69) is 20.4 Å². The molecule has 0 aromatic carbocycles. The Hall–Kier alpha value is -0.590. The van der Waals surface area contributed by atoms with Crippen molar-refractivity contribution < 1.29 is 4.79 Å². The topological polar surface area (TPSA) is 17.1 Å². The summed E-state index contributed by atoms with van der Waals surface area (Å²) in [5.41, 5.74) is -0.0694. The van der Waals surface area contributed by atoms with Gasteiger partial charge in [-0.05, 0) is 25.2 Å². The average molecular weight is 180 g/mol. The zero-order valence-electron chi connectivity index (χ0n) is 8.81. The second-order valence-electron chi connectivity index (χ2n) is 4.43. The number of carbonyl (C=O) groups excluding carboxylic acids is 1. The van der Waals surface area contributed by atoms with Gasteiger partial charge in [-0.25, -0.2) is 0 Å². The van der Waals surface area contributed by atoms with Crippen molar-refractivity contribution in [3.8, 4) is 0 Å². The molecule has 1 heteroatoms. The Bertz CT molecular complexity index is 205. The number of rotatable bonds is 3. The standard InChI is InChI=1S/C12H20O/c1-4-8-12(10(2)3)9-6-5-7-11(12)13/h4,10H,1,5-9H2,2-3H3. The molecule has 1 rings (SSSR count). The van der Waals surface area contributed by atoms with E-state index in [1.165, 1.54) is 6.42 Å². The number of carbonyl (C=O) groups is 1. The van der Waals surface area contributed by atoms with Gasteiger partial charge < -0.3 is 0 Å². The van der Waals surface area contributed by atoms with E-state index in [1.807, 2.05) is 6.08 Å². The lowest BCUT2D eigenvalue weighted by Gasteiger charge is -2.38. The third-order valence-corrected chi connectivity index (χ3v) is 3.45. The highest BCUT2D eigenvalue weighted by Crippen LogP contribution is 2.42. The van der Waals surface area contributed by atoms with E-state index in [-0.39, 0.29) is 5.41 Å². The van der Waals surface area contributed by atoms with Crippen molar-refractivity contribution in [1.29, 1.82) is 0 Å². The zero-order chi connectivity index (χ0) is 9.90. The molecule has 0 aliphatic heterocycles. The fourth-order valence-corrected chi connectivity index (χ4v) is 2.43. The molecule has 0 bridgehead atoms. The molecule has 74 valence electrons. The van der Waals surface area contributed by atoms with Gasteiger partial charge in [-0.2, -0.15) is 0 Å². The predicted molar refractivity (Wildman–Crippen MR) is 55.6 cm³/mol. The fourth-order valence-electron chi connectivity index (χ4n) is 2.43. The van der Waals surface area contributed by atoms with Crippen LogP contribution in [0.3, 0.4) is 0 Å². The summed E-state index contributed by atoms with van der Waals surface area (Å²) >= 11 is 0. The van der Waals surface area contributed by atoms with Crippen LogP contribution in [0.5, 0.6) is 0 Å². The van der Waals surface area contributed by atoms with Crippen molar-refractivity contribution >= 4 is 5.78 Å². The SMILES string of the molecule is C=CCC1(C(C)C)CCCCC1=O. The highest BCUT2D eigenvalue weighted by molar-refractivity contribution is 5.85. The van der Waals surface area contributed by atoms with Crippen molar-refractivity contribution in [2.75, 3.05) is 0 Å². The molecule has 0 aromatic rings. The monoisotopic (exact) mass is 180 g/mol. The van der Waals surface area contributed by atoms with Gasteiger partial charge in [0.1, 0.15) is 5.78 Å². The summed E-state index contributed by atoms with van der Waals surface area (Å²) in [5.74, 6) is 0.923. The lowest BCUT2D eigenvalue weighted by molar-refractivity contribution is -0.134. The molecular weight excluding hydrogens is 160 g/mol. The van der Waals surface area contributed by atoms with Crippen molar-refractivity contribution in [1.82, 2.24) is 0 Å². The number of ketones is 1. The molecule has 0 aromatic heterocycles. The van der Waals surface area contributed by atoms with Gasteiger partial charge in [0.05, 0.1) is 0 Å². The lowest BCUT2D eigenvalue weighted by atomic mass is 9.64. The highest BCUT2D eigenvalue weighted by atomic mass is 16.1. The third kappa shape index (κ3) is 1.84. The minimum absolute atomic E-state index is 0.0694. The quantitative estimate of drug-likeness (QED) is 0.609. The van der Waals surface area contributed by atoms with Crippen LogP contribution in [0.4, 0.5) is 0 Å². The van der Waals surface area contributed by atoms with Gasteiger partial charge in [-0.1, -0.05) is 26.3 Å². The van der Waals surface area contributed by atoms with Gasteiger partial charge in [-0.15, -0.1) is 6.58 Å². The van der Waals surface area contributed by atoms with Crippen LogP contribution in [-0.2, 0) is 4.79 Å². The molecular formula is C12H20O. The normalized spacial score (nSPS) is 29.3. The van der Waals surface area contributed by atoms with E-state index in [0.717, 1.165) is 25.7 Å². The Kier molecular flexibility index (Phi) is 3.29. The van der Waals surface area contributed by atoms with Crippen LogP contribution in [0.1, 0.15) is 46.0 Å². The Morgan fingerprint density at radius 1 is 1.54 bits per heavy atom. The van der Waals surface area contributed by atoms with Crippen LogP contribution < -0.4 is 0 Å². The molecule has 1 aliphatic rings. The van der Waals surface area contributed by atoms with E-state index < -0.39 is 0 Å². The molecule has 0 radical (unpaired) electrons. The molecule has 0 spiro atoms. The molecule has 1 nitrogen and oxygen atoms in total. The highest BCUT2D eigenvalue weighted by Gasteiger charge is 2.40. The summed E-state index contributed by atoms with van der Waals surface area (Å²) in [7, 11) is 0. The molecule has 1 unspecified atom stereocenters. The van der Waals surface area contributed by atoms with Crippen molar-refractivity contribution in [2.24, 2.45) is 11.3 Å². The minimum Gasteiger partial charge on any atom is -0.299 e. The van der Waals surface area contributed by atoms with Crippen LogP contribution >= 0.6 is 0 Å². The Labute approximate surface area is 81.2 Å². The largest absolute Gasteiger partial charge is 0.299 e. The minimum atomic E-state index is -0.0694. The Morgan fingerprint density at radius 3 is 2.69 bits per heavy atom. The van der Waals surface area contributed by atoms with E-state index in [4.69, 9.17) is 0 Å². The first-order chi connectivity index (χ1) is 6.13. The van der Waals surface area contributed by atoms with Crippen molar-refractivity contribution in [3.63, 3.8) is 0 Å². The van der Waals surface area contributed by atoms with Crippen LogP contribution in [0.2, 0.25) is 0 Å². The van der Waals surface area contributed by atoms with Crippen LogP contribution in [0, 0.1) is 11.3 Å². The summed E-state index contributed by atoms with van der Waals surface area (Å²) < 4.78 is 0. The van der Waals surface area contributed by atoms with Crippen molar-refractivity contribution in [2.45, 2.75) is 46.0 Å². The smallest absolute Gasteiger partial charge is 0.139 e. The van der Waals surface area contributed by atoms with Gasteiger partial charge in [-0.3, -0.25) is 4.79 Å². The number of hydrogen-bond donors (Lipinski definition) is 0. The molecule has 0 N–H and O–H groups in total. The molecule has 1 aliphatic carbocycles. The first kappa shape index (κ1) is 10.5.